The van der Waals surface area contributed by atoms with Crippen molar-refractivity contribution in [3.8, 4) is 0 Å². The van der Waals surface area contributed by atoms with E-state index in [0.717, 1.165) is 44.0 Å². The van der Waals surface area contributed by atoms with Crippen LogP contribution in [0.25, 0.3) is 10.2 Å². The predicted molar refractivity (Wildman–Crippen MR) is 133 cm³/mol. The Hall–Kier alpha value is -2.56. The fourth-order valence-electron chi connectivity index (χ4n) is 4.20. The van der Waals surface area contributed by atoms with Crippen LogP contribution in [0.15, 0.2) is 53.0 Å². The summed E-state index contributed by atoms with van der Waals surface area (Å²) in [5.41, 5.74) is 0.433. The number of benzene rings is 2. The molecular weight excluding hydrogens is 541 g/mol. The Labute approximate surface area is 212 Å². The van der Waals surface area contributed by atoms with Crippen LogP contribution in [-0.2, 0) is 12.3 Å². The number of nitrogens with zero attached hydrogens (tertiary/aromatic N) is 3. The highest BCUT2D eigenvalue weighted by Crippen LogP contribution is 2.36. The van der Waals surface area contributed by atoms with Crippen molar-refractivity contribution in [1.29, 1.82) is 0 Å². The van der Waals surface area contributed by atoms with E-state index >= 15 is 8.78 Å². The number of hydrogen-bond acceptors (Lipinski definition) is 6. The average Bonchev–Trinajstić information content (AvgIpc) is 3.22. The lowest BCUT2D eigenvalue weighted by molar-refractivity contribution is 0.0378. The molecule has 2 heterocycles. The highest BCUT2D eigenvalue weighted by molar-refractivity contribution is 9.10. The number of halogens is 4. The first-order chi connectivity index (χ1) is 16.8. The summed E-state index contributed by atoms with van der Waals surface area (Å²) >= 11 is 4.93. The first kappa shape index (κ1) is 24.1. The molecule has 182 valence electrons. The first-order valence-electron chi connectivity index (χ1n) is 11.3. The maximum absolute atomic E-state index is 15.5. The van der Waals surface area contributed by atoms with Gasteiger partial charge in [0.25, 0.3) is 0 Å². The number of alkyl halides is 2. The molecule has 1 aliphatic carbocycles. The normalized spacial score (nSPS) is 18.7. The zero-order valence-corrected chi connectivity index (χ0v) is 20.9. The van der Waals surface area contributed by atoms with E-state index in [-0.39, 0.29) is 30.1 Å². The highest BCUT2D eigenvalue weighted by Gasteiger charge is 2.37. The van der Waals surface area contributed by atoms with Crippen LogP contribution < -0.4 is 5.32 Å². The van der Waals surface area contributed by atoms with Gasteiger partial charge in [0.2, 0.25) is 5.95 Å². The zero-order chi connectivity index (χ0) is 24.6. The molecule has 0 amide bonds. The molecule has 0 radical (unpaired) electrons. The fraction of sp³-hybridized carbons (Fsp3) is 0.320. The third kappa shape index (κ3) is 5.49. The Morgan fingerprint density at radius 3 is 2.49 bits per heavy atom. The number of rotatable bonds is 6. The molecule has 2 aromatic heterocycles. The summed E-state index contributed by atoms with van der Waals surface area (Å²) in [6.45, 7) is 0. The van der Waals surface area contributed by atoms with E-state index in [1.165, 1.54) is 17.4 Å². The third-order valence-corrected chi connectivity index (χ3v) is 7.58. The van der Waals surface area contributed by atoms with Crippen molar-refractivity contribution in [1.82, 2.24) is 15.0 Å². The molecule has 0 spiro atoms. The molecule has 2 N–H and O–H groups in total. The van der Waals surface area contributed by atoms with Crippen LogP contribution >= 0.6 is 27.3 Å². The number of nitrogens with one attached hydrogen (secondary N) is 1. The number of fused-ring (bicyclic) bond motifs is 1. The number of aromatic nitrogens is 3. The molecule has 5 rings (SSSR count). The van der Waals surface area contributed by atoms with Gasteiger partial charge in [0.15, 0.2) is 0 Å². The second-order valence-corrected chi connectivity index (χ2v) is 10.7. The second-order valence-electron chi connectivity index (χ2n) is 8.70. The van der Waals surface area contributed by atoms with Gasteiger partial charge in [0.1, 0.15) is 11.5 Å². The quantitative estimate of drug-likeness (QED) is 0.283. The van der Waals surface area contributed by atoms with E-state index in [1.54, 1.807) is 0 Å². The predicted octanol–water partition coefficient (Wildman–Crippen LogP) is 6.43. The lowest BCUT2D eigenvalue weighted by Crippen LogP contribution is -2.29. The molecule has 10 heteroatoms. The number of anilines is 1. The first-order valence-corrected chi connectivity index (χ1v) is 12.9. The number of aliphatic hydroxyl groups excluding tert-OH is 1. The van der Waals surface area contributed by atoms with E-state index in [9.17, 15) is 9.50 Å². The van der Waals surface area contributed by atoms with Crippen LogP contribution in [-0.4, -0.2) is 32.2 Å². The molecular formula is C25H22BrF3N4OS. The third-order valence-electron chi connectivity index (χ3n) is 6.06. The van der Waals surface area contributed by atoms with Crippen LogP contribution in [0.1, 0.15) is 47.6 Å². The van der Waals surface area contributed by atoms with E-state index < -0.39 is 17.4 Å². The maximum Gasteiger partial charge on any atom is 0.315 e. The van der Waals surface area contributed by atoms with Crippen molar-refractivity contribution in [2.75, 3.05) is 5.32 Å². The molecule has 1 aliphatic rings. The number of hydrogen-bond donors (Lipinski definition) is 2. The van der Waals surface area contributed by atoms with Gasteiger partial charge in [-0.05, 0) is 74.2 Å². The Bertz CT molecular complexity index is 1340. The average molecular weight is 563 g/mol. The monoisotopic (exact) mass is 562 g/mol. The standard InChI is InChI=1S/C25H22BrF3N4OS/c26-15-3-10-20-21(11-15)35-23(32-20)13-18-12-22(25(28,29)14-1-4-16(27)5-2-14)33-24(31-18)30-17-6-8-19(34)9-7-17/h1-5,10-12,17,19,34H,6-9,13H2,(H,30,31,33). The Morgan fingerprint density at radius 1 is 1.00 bits per heavy atom. The lowest BCUT2D eigenvalue weighted by Gasteiger charge is -2.26. The number of aliphatic hydroxyl groups is 1. The molecule has 1 fully saturated rings. The van der Waals surface area contributed by atoms with E-state index in [2.05, 4.69) is 36.2 Å². The minimum absolute atomic E-state index is 0.0132. The van der Waals surface area contributed by atoms with Gasteiger partial charge in [0.05, 0.1) is 27.0 Å². The molecule has 0 bridgehead atoms. The van der Waals surface area contributed by atoms with Gasteiger partial charge in [-0.2, -0.15) is 8.78 Å². The van der Waals surface area contributed by atoms with Crippen LogP contribution in [0.3, 0.4) is 0 Å². The van der Waals surface area contributed by atoms with E-state index in [4.69, 9.17) is 0 Å². The summed E-state index contributed by atoms with van der Waals surface area (Å²) in [4.78, 5) is 13.3. The Kier molecular flexibility index (Phi) is 6.78. The molecule has 5 nitrogen and oxygen atoms in total. The smallest absolute Gasteiger partial charge is 0.315 e. The van der Waals surface area contributed by atoms with E-state index in [1.807, 2.05) is 18.2 Å². The van der Waals surface area contributed by atoms with Crippen molar-refractivity contribution in [3.63, 3.8) is 0 Å². The summed E-state index contributed by atoms with van der Waals surface area (Å²) in [6, 6.07) is 11.2. The van der Waals surface area contributed by atoms with Gasteiger partial charge in [-0.15, -0.1) is 11.3 Å². The topological polar surface area (TPSA) is 70.9 Å². The molecule has 35 heavy (non-hydrogen) atoms. The van der Waals surface area contributed by atoms with Gasteiger partial charge < -0.3 is 10.4 Å². The maximum atomic E-state index is 15.5. The summed E-state index contributed by atoms with van der Waals surface area (Å²) in [6.07, 6.45) is 2.60. The minimum atomic E-state index is -3.44. The van der Waals surface area contributed by atoms with Gasteiger partial charge in [-0.1, -0.05) is 15.9 Å². The van der Waals surface area contributed by atoms with Crippen molar-refractivity contribution >= 4 is 43.4 Å². The van der Waals surface area contributed by atoms with E-state index in [0.29, 0.717) is 31.4 Å². The Morgan fingerprint density at radius 2 is 1.74 bits per heavy atom. The molecule has 0 saturated heterocycles. The van der Waals surface area contributed by atoms with Crippen molar-refractivity contribution in [3.05, 3.63) is 80.8 Å². The zero-order valence-electron chi connectivity index (χ0n) is 18.5. The summed E-state index contributed by atoms with van der Waals surface area (Å²) in [5.74, 6) is -3.91. The summed E-state index contributed by atoms with van der Waals surface area (Å²) in [5, 5.41) is 13.7. The van der Waals surface area contributed by atoms with Gasteiger partial charge in [0, 0.05) is 22.5 Å². The Balaban J connectivity index is 1.49. The van der Waals surface area contributed by atoms with Crippen LogP contribution in [0.5, 0.6) is 0 Å². The largest absolute Gasteiger partial charge is 0.393 e. The summed E-state index contributed by atoms with van der Waals surface area (Å²) in [7, 11) is 0. The van der Waals surface area contributed by atoms with Crippen LogP contribution in [0.4, 0.5) is 19.1 Å². The van der Waals surface area contributed by atoms with Gasteiger partial charge in [-0.25, -0.2) is 19.3 Å². The van der Waals surface area contributed by atoms with Gasteiger partial charge in [-0.3, -0.25) is 0 Å². The number of thiazole rings is 1. The van der Waals surface area contributed by atoms with Crippen LogP contribution in [0.2, 0.25) is 0 Å². The van der Waals surface area contributed by atoms with Crippen molar-refractivity contribution in [2.24, 2.45) is 0 Å². The molecule has 2 aromatic carbocycles. The second kappa shape index (κ2) is 9.83. The van der Waals surface area contributed by atoms with Crippen LogP contribution in [0, 0.1) is 5.82 Å². The molecule has 1 saturated carbocycles. The SMILES string of the molecule is OC1CCC(Nc2nc(Cc3nc4ccc(Br)cc4s3)cc(C(F)(F)c3ccc(F)cc3)n2)CC1. The van der Waals surface area contributed by atoms with Crippen molar-refractivity contribution in [2.45, 2.75) is 50.2 Å². The molecule has 0 aliphatic heterocycles. The lowest BCUT2D eigenvalue weighted by atomic mass is 9.93. The fourth-order valence-corrected chi connectivity index (χ4v) is 5.73. The molecule has 0 unspecified atom stereocenters. The minimum Gasteiger partial charge on any atom is -0.393 e. The highest BCUT2D eigenvalue weighted by atomic mass is 79.9. The van der Waals surface area contributed by atoms with Crippen molar-refractivity contribution < 1.29 is 18.3 Å². The summed E-state index contributed by atoms with van der Waals surface area (Å²) < 4.78 is 46.2. The molecule has 0 atom stereocenters. The van der Waals surface area contributed by atoms with Gasteiger partial charge >= 0.3 is 5.92 Å². The molecule has 4 aromatic rings.